The van der Waals surface area contributed by atoms with Crippen molar-refractivity contribution in [3.05, 3.63) is 144 Å². The van der Waals surface area contributed by atoms with Crippen LogP contribution in [0.3, 0.4) is 0 Å². The fourth-order valence-electron chi connectivity index (χ4n) is 6.10. The molecule has 0 bridgehead atoms. The first kappa shape index (κ1) is 31.5. The van der Waals surface area contributed by atoms with Crippen molar-refractivity contribution in [2.45, 2.75) is 62.0 Å². The molecule has 44 heavy (non-hydrogen) atoms. The second-order valence-electron chi connectivity index (χ2n) is 11.2. The summed E-state index contributed by atoms with van der Waals surface area (Å²) in [6.07, 6.45) is -3.16. The fraction of sp³-hybridized carbons (Fsp3) is 0.306. The first-order valence-electron chi connectivity index (χ1n) is 14.7. The summed E-state index contributed by atoms with van der Waals surface area (Å²) >= 11 is 0. The zero-order valence-corrected chi connectivity index (χ0v) is 24.6. The summed E-state index contributed by atoms with van der Waals surface area (Å²) in [4.78, 5) is 23.6. The summed E-state index contributed by atoms with van der Waals surface area (Å²) in [5, 5.41) is 35.6. The first-order valence-corrected chi connectivity index (χ1v) is 14.7. The molecule has 0 aliphatic carbocycles. The SMILES string of the molecule is CC(=O)OOC1(Cc2ccccc2)O[C@H](CO)[C@H](O)[C@@](O)(Cc2ccccc2)[C@@]1(Cc1ccccc1)OCc1ccccc1. The lowest BCUT2D eigenvalue weighted by Crippen LogP contribution is -2.82. The van der Waals surface area contributed by atoms with Gasteiger partial charge >= 0.3 is 5.97 Å². The van der Waals surface area contributed by atoms with E-state index in [1.807, 2.05) is 121 Å². The van der Waals surface area contributed by atoms with Gasteiger partial charge in [0.2, 0.25) is 0 Å². The molecule has 8 heteroatoms. The van der Waals surface area contributed by atoms with E-state index in [4.69, 9.17) is 19.2 Å². The molecule has 0 radical (unpaired) electrons. The van der Waals surface area contributed by atoms with Gasteiger partial charge in [-0.05, 0) is 22.3 Å². The van der Waals surface area contributed by atoms with E-state index in [9.17, 15) is 20.1 Å². The molecule has 1 aliphatic heterocycles. The van der Waals surface area contributed by atoms with Crippen LogP contribution in [0.1, 0.15) is 29.2 Å². The molecule has 5 rings (SSSR count). The van der Waals surface area contributed by atoms with Crippen molar-refractivity contribution in [3.63, 3.8) is 0 Å². The Morgan fingerprint density at radius 3 is 1.66 bits per heavy atom. The van der Waals surface area contributed by atoms with Crippen LogP contribution in [0, 0.1) is 0 Å². The third-order valence-electron chi connectivity index (χ3n) is 8.19. The minimum Gasteiger partial charge on any atom is -0.394 e. The van der Waals surface area contributed by atoms with Gasteiger partial charge in [-0.3, -0.25) is 4.89 Å². The van der Waals surface area contributed by atoms with Crippen LogP contribution >= 0.6 is 0 Å². The van der Waals surface area contributed by atoms with E-state index in [1.54, 1.807) is 0 Å². The van der Waals surface area contributed by atoms with E-state index >= 15 is 0 Å². The van der Waals surface area contributed by atoms with Crippen molar-refractivity contribution < 1.29 is 39.4 Å². The maximum Gasteiger partial charge on any atom is 0.339 e. The summed E-state index contributed by atoms with van der Waals surface area (Å²) in [7, 11) is 0. The van der Waals surface area contributed by atoms with Crippen molar-refractivity contribution in [2.24, 2.45) is 0 Å². The Balaban J connectivity index is 1.79. The van der Waals surface area contributed by atoms with Gasteiger partial charge < -0.3 is 24.8 Å². The molecule has 230 valence electrons. The van der Waals surface area contributed by atoms with Gasteiger partial charge in [-0.2, -0.15) is 0 Å². The minimum atomic E-state index is -2.15. The molecule has 4 aromatic rings. The summed E-state index contributed by atoms with van der Waals surface area (Å²) < 4.78 is 13.4. The molecule has 0 saturated carbocycles. The maximum atomic E-state index is 13.1. The second kappa shape index (κ2) is 13.8. The Bertz CT molecular complexity index is 1470. The van der Waals surface area contributed by atoms with E-state index in [0.717, 1.165) is 16.7 Å². The van der Waals surface area contributed by atoms with E-state index < -0.39 is 41.8 Å². The van der Waals surface area contributed by atoms with E-state index in [2.05, 4.69) is 0 Å². The summed E-state index contributed by atoms with van der Waals surface area (Å²) in [5.41, 5.74) is -1.12. The summed E-state index contributed by atoms with van der Waals surface area (Å²) in [6, 6.07) is 37.2. The van der Waals surface area contributed by atoms with E-state index in [0.29, 0.717) is 5.56 Å². The number of rotatable bonds is 12. The highest BCUT2D eigenvalue weighted by atomic mass is 17.2. The Kier molecular flexibility index (Phi) is 9.90. The number of hydrogen-bond acceptors (Lipinski definition) is 8. The van der Waals surface area contributed by atoms with Crippen molar-refractivity contribution in [2.75, 3.05) is 6.61 Å². The van der Waals surface area contributed by atoms with Gasteiger partial charge in [0.1, 0.15) is 17.8 Å². The van der Waals surface area contributed by atoms with Gasteiger partial charge in [-0.1, -0.05) is 121 Å². The van der Waals surface area contributed by atoms with Crippen LogP contribution in [-0.4, -0.2) is 57.1 Å². The molecule has 1 unspecified atom stereocenters. The Morgan fingerprint density at radius 2 is 1.18 bits per heavy atom. The standard InChI is InChI=1S/C36H38O8/c1-27(38)43-44-36(24-30-18-10-4-11-19-30)35(23-29-16-8-3-9-17-29,41-26-31-20-12-5-13-21-31)34(40,33(39)32(25-37)42-36)22-28-14-6-2-7-15-28/h2-21,32-33,37,39-40H,22-26H2,1H3/t32-,33+,34+,35-,36?/m1/s1. The van der Waals surface area contributed by atoms with Crippen molar-refractivity contribution in [1.82, 2.24) is 0 Å². The number of aliphatic hydroxyl groups is 3. The molecule has 1 saturated heterocycles. The highest BCUT2D eigenvalue weighted by molar-refractivity contribution is 5.65. The maximum absolute atomic E-state index is 13.1. The quantitative estimate of drug-likeness (QED) is 0.163. The average Bonchev–Trinajstić information content (AvgIpc) is 3.05. The molecule has 0 aromatic heterocycles. The Hall–Kier alpha value is -3.89. The lowest BCUT2D eigenvalue weighted by atomic mass is 9.63. The van der Waals surface area contributed by atoms with Crippen LogP contribution in [0.5, 0.6) is 0 Å². The third kappa shape index (κ3) is 6.46. The lowest BCUT2D eigenvalue weighted by Gasteiger charge is -2.61. The monoisotopic (exact) mass is 598 g/mol. The number of ether oxygens (including phenoxy) is 2. The Morgan fingerprint density at radius 1 is 0.727 bits per heavy atom. The third-order valence-corrected chi connectivity index (χ3v) is 8.19. The molecule has 5 atom stereocenters. The molecule has 0 amide bonds. The molecular weight excluding hydrogens is 560 g/mol. The van der Waals surface area contributed by atoms with Crippen LogP contribution in [0.2, 0.25) is 0 Å². The zero-order valence-electron chi connectivity index (χ0n) is 24.6. The van der Waals surface area contributed by atoms with Crippen LogP contribution in [0.4, 0.5) is 0 Å². The number of carbonyl (C=O) groups is 1. The minimum absolute atomic E-state index is 0.00931. The number of carbonyl (C=O) groups excluding carboxylic acids is 1. The lowest BCUT2D eigenvalue weighted by molar-refractivity contribution is -0.502. The molecular formula is C36H38O8. The van der Waals surface area contributed by atoms with Crippen LogP contribution in [0.15, 0.2) is 121 Å². The fourth-order valence-corrected chi connectivity index (χ4v) is 6.10. The average molecular weight is 599 g/mol. The zero-order chi connectivity index (χ0) is 31.0. The normalized spacial score (nSPS) is 26.6. The van der Waals surface area contributed by atoms with Crippen molar-refractivity contribution in [3.8, 4) is 0 Å². The van der Waals surface area contributed by atoms with E-state index in [1.165, 1.54) is 6.92 Å². The number of benzene rings is 4. The second-order valence-corrected chi connectivity index (χ2v) is 11.2. The predicted octanol–water partition coefficient (Wildman–Crippen LogP) is 4.34. The van der Waals surface area contributed by atoms with E-state index in [-0.39, 0.29) is 25.9 Å². The van der Waals surface area contributed by atoms with Gasteiger partial charge in [-0.25, -0.2) is 4.79 Å². The van der Waals surface area contributed by atoms with Gasteiger partial charge in [0.15, 0.2) is 5.60 Å². The molecule has 1 aliphatic rings. The molecule has 3 N–H and O–H groups in total. The topological polar surface area (TPSA) is 115 Å². The molecule has 4 aromatic carbocycles. The summed E-state index contributed by atoms with van der Waals surface area (Å²) in [5.74, 6) is -2.81. The number of aliphatic hydroxyl groups excluding tert-OH is 2. The summed E-state index contributed by atoms with van der Waals surface area (Å²) in [6.45, 7) is 0.528. The first-order chi connectivity index (χ1) is 21.3. The van der Waals surface area contributed by atoms with Crippen molar-refractivity contribution in [1.29, 1.82) is 0 Å². The van der Waals surface area contributed by atoms with Gasteiger partial charge in [0.25, 0.3) is 5.79 Å². The highest BCUT2D eigenvalue weighted by Crippen LogP contribution is 2.53. The highest BCUT2D eigenvalue weighted by Gasteiger charge is 2.74. The number of hydrogen-bond donors (Lipinski definition) is 3. The predicted molar refractivity (Wildman–Crippen MR) is 163 cm³/mol. The van der Waals surface area contributed by atoms with Crippen molar-refractivity contribution >= 4 is 5.97 Å². The molecule has 0 spiro atoms. The largest absolute Gasteiger partial charge is 0.394 e. The molecule has 8 nitrogen and oxygen atoms in total. The Labute approximate surface area is 257 Å². The van der Waals surface area contributed by atoms with Crippen LogP contribution in [0.25, 0.3) is 0 Å². The van der Waals surface area contributed by atoms with Gasteiger partial charge in [0.05, 0.1) is 13.2 Å². The van der Waals surface area contributed by atoms with Gasteiger partial charge in [-0.15, -0.1) is 4.89 Å². The smallest absolute Gasteiger partial charge is 0.339 e. The molecule has 1 heterocycles. The van der Waals surface area contributed by atoms with Crippen LogP contribution < -0.4 is 0 Å². The van der Waals surface area contributed by atoms with Crippen LogP contribution in [-0.2, 0) is 49.9 Å². The molecule has 1 fully saturated rings. The van der Waals surface area contributed by atoms with Gasteiger partial charge in [0, 0.05) is 26.2 Å².